The molecule has 0 radical (unpaired) electrons. The molecule has 1 aliphatic rings. The highest BCUT2D eigenvalue weighted by molar-refractivity contribution is 5.80. The Morgan fingerprint density at radius 1 is 1.13 bits per heavy atom. The molecular formula is C30H33F2N5O2. The average molecular weight is 534 g/mol. The van der Waals surface area contributed by atoms with E-state index in [4.69, 9.17) is 9.84 Å². The van der Waals surface area contributed by atoms with Crippen LogP contribution in [0.2, 0.25) is 0 Å². The second kappa shape index (κ2) is 11.5. The molecule has 1 unspecified atom stereocenters. The molecule has 1 saturated carbocycles. The summed E-state index contributed by atoms with van der Waals surface area (Å²) in [5.41, 5.74) is 4.90. The van der Waals surface area contributed by atoms with Crippen LogP contribution in [0.3, 0.4) is 0 Å². The third-order valence-corrected chi connectivity index (χ3v) is 7.66. The zero-order valence-electron chi connectivity index (χ0n) is 22.4. The van der Waals surface area contributed by atoms with E-state index < -0.39 is 11.6 Å². The van der Waals surface area contributed by atoms with E-state index in [0.717, 1.165) is 53.5 Å². The summed E-state index contributed by atoms with van der Waals surface area (Å²) in [6.07, 6.45) is 6.15. The molecule has 2 heterocycles. The van der Waals surface area contributed by atoms with Crippen molar-refractivity contribution < 1.29 is 18.3 Å². The zero-order valence-corrected chi connectivity index (χ0v) is 22.4. The summed E-state index contributed by atoms with van der Waals surface area (Å²) in [6, 6.07) is 13.6. The second-order valence-corrected chi connectivity index (χ2v) is 10.3. The molecule has 7 nitrogen and oxygen atoms in total. The number of hydrogen-bond acceptors (Lipinski definition) is 4. The van der Waals surface area contributed by atoms with Crippen LogP contribution >= 0.6 is 0 Å². The van der Waals surface area contributed by atoms with Crippen molar-refractivity contribution >= 4 is 5.91 Å². The Labute approximate surface area is 226 Å². The zero-order chi connectivity index (χ0) is 27.5. The minimum Gasteiger partial charge on any atom is -0.385 e. The molecule has 0 bridgehead atoms. The summed E-state index contributed by atoms with van der Waals surface area (Å²) in [6.45, 7) is 2.58. The normalized spacial score (nSPS) is 18.9. The van der Waals surface area contributed by atoms with Gasteiger partial charge in [0, 0.05) is 44.5 Å². The average Bonchev–Trinajstić information content (AvgIpc) is 3.62. The number of benzene rings is 2. The van der Waals surface area contributed by atoms with Gasteiger partial charge in [-0.1, -0.05) is 24.3 Å². The predicted molar refractivity (Wildman–Crippen MR) is 144 cm³/mol. The third kappa shape index (κ3) is 5.78. The van der Waals surface area contributed by atoms with Crippen LogP contribution in [0.15, 0.2) is 60.9 Å². The molecule has 9 heteroatoms. The van der Waals surface area contributed by atoms with Crippen molar-refractivity contribution in [1.29, 1.82) is 0 Å². The van der Waals surface area contributed by atoms with Crippen molar-refractivity contribution in [3.05, 3.63) is 89.4 Å². The molecule has 204 valence electrons. The highest BCUT2D eigenvalue weighted by atomic mass is 19.2. The first-order valence-electron chi connectivity index (χ1n) is 13.2. The first-order valence-corrected chi connectivity index (χ1v) is 13.2. The van der Waals surface area contributed by atoms with Crippen molar-refractivity contribution in [2.24, 2.45) is 13.0 Å². The maximum atomic E-state index is 14.1. The largest absolute Gasteiger partial charge is 0.385 e. The maximum absolute atomic E-state index is 14.1. The van der Waals surface area contributed by atoms with Gasteiger partial charge in [-0.05, 0) is 67.5 Å². The summed E-state index contributed by atoms with van der Waals surface area (Å²) in [5, 5.41) is 12.4. The molecule has 2 aromatic carbocycles. The molecule has 4 aromatic rings. The quantitative estimate of drug-likeness (QED) is 0.324. The summed E-state index contributed by atoms with van der Waals surface area (Å²) >= 11 is 0. The van der Waals surface area contributed by atoms with Crippen molar-refractivity contribution in [2.45, 2.75) is 44.6 Å². The van der Waals surface area contributed by atoms with Gasteiger partial charge < -0.3 is 10.1 Å². The standard InChI is InChI=1S/C30H33F2N5O2/c1-19-28(37(23-7-5-4-6-8-23)35-30(19)22-17-33-36(2)18-22)16-29(38)34-27-14-20(11-12-39-3)13-24(27)21-9-10-25(31)26(32)15-21/h4-10,15,17-18,20,24,27H,11-14,16H2,1-3H3,(H,34,38)/t20?,24-,27+/m0/s1. The van der Waals surface area contributed by atoms with Gasteiger partial charge in [-0.15, -0.1) is 0 Å². The number of carbonyl (C=O) groups is 1. The highest BCUT2D eigenvalue weighted by Gasteiger charge is 2.36. The Kier molecular flexibility index (Phi) is 7.88. The lowest BCUT2D eigenvalue weighted by atomic mass is 9.93. The predicted octanol–water partition coefficient (Wildman–Crippen LogP) is 5.12. The molecule has 2 aromatic heterocycles. The van der Waals surface area contributed by atoms with Gasteiger partial charge in [-0.25, -0.2) is 13.5 Å². The molecular weight excluding hydrogens is 500 g/mol. The number of carbonyl (C=O) groups excluding carboxylic acids is 1. The van der Waals surface area contributed by atoms with Gasteiger partial charge in [0.2, 0.25) is 5.91 Å². The monoisotopic (exact) mass is 533 g/mol. The summed E-state index contributed by atoms with van der Waals surface area (Å²) in [7, 11) is 3.52. The number of hydrogen-bond donors (Lipinski definition) is 1. The number of nitrogens with zero attached hydrogens (tertiary/aromatic N) is 4. The third-order valence-electron chi connectivity index (χ3n) is 7.66. The van der Waals surface area contributed by atoms with E-state index >= 15 is 0 Å². The lowest BCUT2D eigenvalue weighted by Gasteiger charge is -2.22. The molecule has 1 N–H and O–H groups in total. The molecule has 1 fully saturated rings. The van der Waals surface area contributed by atoms with E-state index in [2.05, 4.69) is 10.4 Å². The number of aryl methyl sites for hydroxylation is 1. The molecule has 3 atom stereocenters. The molecule has 0 aliphatic heterocycles. The van der Waals surface area contributed by atoms with Gasteiger partial charge in [0.1, 0.15) is 0 Å². The number of rotatable bonds is 9. The second-order valence-electron chi connectivity index (χ2n) is 10.3. The van der Waals surface area contributed by atoms with Gasteiger partial charge in [0.25, 0.3) is 0 Å². The first kappa shape index (κ1) is 26.7. The van der Waals surface area contributed by atoms with E-state index in [1.54, 1.807) is 24.1 Å². The fourth-order valence-corrected chi connectivity index (χ4v) is 5.68. The topological polar surface area (TPSA) is 74.0 Å². The number of methoxy groups -OCH3 is 1. The summed E-state index contributed by atoms with van der Waals surface area (Å²) in [4.78, 5) is 13.5. The van der Waals surface area contributed by atoms with Crippen LogP contribution in [0.5, 0.6) is 0 Å². The van der Waals surface area contributed by atoms with Crippen LogP contribution in [-0.2, 0) is 23.0 Å². The lowest BCUT2D eigenvalue weighted by molar-refractivity contribution is -0.121. The van der Waals surface area contributed by atoms with Crippen LogP contribution in [0, 0.1) is 24.5 Å². The molecule has 0 spiro atoms. The SMILES string of the molecule is COCCC1C[C@@H](NC(=O)Cc2c(C)c(-c3cnn(C)c3)nn2-c2ccccc2)[C@H](c2ccc(F)c(F)c2)C1. The Hall–Kier alpha value is -3.85. The van der Waals surface area contributed by atoms with Crippen molar-refractivity contribution in [3.8, 4) is 16.9 Å². The Balaban J connectivity index is 1.42. The van der Waals surface area contributed by atoms with Crippen LogP contribution in [0.25, 0.3) is 16.9 Å². The van der Waals surface area contributed by atoms with Crippen molar-refractivity contribution in [1.82, 2.24) is 24.9 Å². The number of amides is 1. The minimum absolute atomic E-state index is 0.114. The smallest absolute Gasteiger partial charge is 0.226 e. The minimum atomic E-state index is -0.873. The summed E-state index contributed by atoms with van der Waals surface area (Å²) in [5.74, 6) is -1.69. The van der Waals surface area contributed by atoms with E-state index in [0.29, 0.717) is 18.1 Å². The maximum Gasteiger partial charge on any atom is 0.226 e. The first-order chi connectivity index (χ1) is 18.8. The van der Waals surface area contributed by atoms with E-state index in [1.165, 1.54) is 6.07 Å². The van der Waals surface area contributed by atoms with E-state index in [1.807, 2.05) is 55.2 Å². The number of halogens is 2. The number of ether oxygens (including phenoxy) is 1. The summed E-state index contributed by atoms with van der Waals surface area (Å²) < 4.78 is 36.6. The Morgan fingerprint density at radius 2 is 1.92 bits per heavy atom. The fraction of sp³-hybridized carbons (Fsp3) is 0.367. The molecule has 0 saturated heterocycles. The highest BCUT2D eigenvalue weighted by Crippen LogP contribution is 2.40. The Bertz CT molecular complexity index is 1450. The number of para-hydroxylation sites is 1. The Morgan fingerprint density at radius 3 is 2.62 bits per heavy atom. The van der Waals surface area contributed by atoms with Gasteiger partial charge in [0.15, 0.2) is 11.6 Å². The van der Waals surface area contributed by atoms with Gasteiger partial charge in [-0.2, -0.15) is 10.2 Å². The van der Waals surface area contributed by atoms with Crippen LogP contribution in [-0.4, -0.2) is 45.2 Å². The van der Waals surface area contributed by atoms with Crippen molar-refractivity contribution in [2.75, 3.05) is 13.7 Å². The van der Waals surface area contributed by atoms with Crippen LogP contribution in [0.1, 0.15) is 42.0 Å². The lowest BCUT2D eigenvalue weighted by Crippen LogP contribution is -2.38. The molecule has 1 aliphatic carbocycles. The number of aromatic nitrogens is 4. The van der Waals surface area contributed by atoms with Crippen molar-refractivity contribution in [3.63, 3.8) is 0 Å². The van der Waals surface area contributed by atoms with Gasteiger partial charge >= 0.3 is 0 Å². The number of nitrogens with one attached hydrogen (secondary N) is 1. The molecule has 5 rings (SSSR count). The molecule has 39 heavy (non-hydrogen) atoms. The fourth-order valence-electron chi connectivity index (χ4n) is 5.68. The molecule has 1 amide bonds. The van der Waals surface area contributed by atoms with Crippen LogP contribution in [0.4, 0.5) is 8.78 Å². The van der Waals surface area contributed by atoms with Gasteiger partial charge in [0.05, 0.1) is 29.7 Å². The van der Waals surface area contributed by atoms with E-state index in [9.17, 15) is 13.6 Å². The van der Waals surface area contributed by atoms with Crippen LogP contribution < -0.4 is 5.32 Å². The van der Waals surface area contributed by atoms with Gasteiger partial charge in [-0.3, -0.25) is 9.48 Å². The van der Waals surface area contributed by atoms with E-state index in [-0.39, 0.29) is 24.3 Å².